The van der Waals surface area contributed by atoms with Crippen molar-refractivity contribution in [3.8, 4) is 0 Å². The first-order valence-electron chi connectivity index (χ1n) is 6.49. The third kappa shape index (κ3) is 3.28. The molecule has 4 nitrogen and oxygen atoms in total. The van der Waals surface area contributed by atoms with Crippen molar-refractivity contribution in [2.45, 2.75) is 26.3 Å². The predicted octanol–water partition coefficient (Wildman–Crippen LogP) is 2.80. The molecule has 1 saturated heterocycles. The third-order valence-corrected chi connectivity index (χ3v) is 4.81. The van der Waals surface area contributed by atoms with Crippen LogP contribution in [0.5, 0.6) is 0 Å². The number of nitrogens with two attached hydrogens (primary N) is 1. The molecular formula is C14H20BrN3O. The highest BCUT2D eigenvalue weighted by Crippen LogP contribution is 2.32. The van der Waals surface area contributed by atoms with E-state index in [1.54, 1.807) is 0 Å². The van der Waals surface area contributed by atoms with Crippen LogP contribution in [0.15, 0.2) is 33.9 Å². The first-order chi connectivity index (χ1) is 9.05. The van der Waals surface area contributed by atoms with Gasteiger partial charge >= 0.3 is 0 Å². The molecule has 2 rings (SSSR count). The van der Waals surface area contributed by atoms with Gasteiger partial charge in [-0.15, -0.1) is 0 Å². The maximum absolute atomic E-state index is 8.83. The van der Waals surface area contributed by atoms with Crippen molar-refractivity contribution >= 4 is 21.8 Å². The fourth-order valence-electron chi connectivity index (χ4n) is 2.45. The lowest BCUT2D eigenvalue weighted by Gasteiger charge is -2.38. The van der Waals surface area contributed by atoms with E-state index >= 15 is 0 Å². The largest absolute Gasteiger partial charge is 0.409 e. The van der Waals surface area contributed by atoms with Gasteiger partial charge < -0.3 is 10.9 Å². The van der Waals surface area contributed by atoms with Gasteiger partial charge in [-0.05, 0) is 37.6 Å². The Bertz CT molecular complexity index is 468. The van der Waals surface area contributed by atoms with Crippen molar-refractivity contribution < 1.29 is 5.21 Å². The molecule has 1 fully saturated rings. The zero-order valence-corrected chi connectivity index (χ0v) is 12.7. The monoisotopic (exact) mass is 325 g/mol. The highest BCUT2D eigenvalue weighted by atomic mass is 79.9. The molecular weight excluding hydrogens is 306 g/mol. The van der Waals surface area contributed by atoms with Crippen LogP contribution in [-0.2, 0) is 6.54 Å². The molecule has 1 aliphatic rings. The minimum atomic E-state index is -0.167. The lowest BCUT2D eigenvalue weighted by atomic mass is 9.79. The van der Waals surface area contributed by atoms with Crippen molar-refractivity contribution in [1.29, 1.82) is 0 Å². The number of oxime groups is 1. The van der Waals surface area contributed by atoms with Crippen LogP contribution in [0, 0.1) is 5.41 Å². The van der Waals surface area contributed by atoms with Crippen LogP contribution >= 0.6 is 15.9 Å². The fourth-order valence-corrected chi connectivity index (χ4v) is 2.86. The zero-order valence-electron chi connectivity index (χ0n) is 11.1. The summed E-state index contributed by atoms with van der Waals surface area (Å²) in [5.41, 5.74) is 6.91. The SMILES string of the molecule is CC1(/C(N)=N/O)CCN(Cc2ccccc2Br)CC1. The average molecular weight is 326 g/mol. The fraction of sp³-hybridized carbons (Fsp3) is 0.500. The number of piperidine rings is 1. The van der Waals surface area contributed by atoms with E-state index in [4.69, 9.17) is 10.9 Å². The predicted molar refractivity (Wildman–Crippen MR) is 80.2 cm³/mol. The normalized spacial score (nSPS) is 20.4. The van der Waals surface area contributed by atoms with Crippen LogP contribution in [0.4, 0.5) is 0 Å². The van der Waals surface area contributed by atoms with Gasteiger partial charge in [0.1, 0.15) is 5.84 Å². The molecule has 19 heavy (non-hydrogen) atoms. The molecule has 5 heteroatoms. The maximum Gasteiger partial charge on any atom is 0.145 e. The minimum Gasteiger partial charge on any atom is -0.409 e. The average Bonchev–Trinajstić information content (AvgIpc) is 2.43. The number of hydrogen-bond donors (Lipinski definition) is 2. The summed E-state index contributed by atoms with van der Waals surface area (Å²) in [6.45, 7) is 4.94. The van der Waals surface area contributed by atoms with Gasteiger partial charge in [-0.2, -0.15) is 0 Å². The van der Waals surface area contributed by atoms with Crippen molar-refractivity contribution in [3.63, 3.8) is 0 Å². The summed E-state index contributed by atoms with van der Waals surface area (Å²) in [6.07, 6.45) is 1.85. The molecule has 0 amide bonds. The van der Waals surface area contributed by atoms with Crippen molar-refractivity contribution in [2.24, 2.45) is 16.3 Å². The molecule has 1 aromatic rings. The van der Waals surface area contributed by atoms with Crippen LogP contribution in [0.25, 0.3) is 0 Å². The highest BCUT2D eigenvalue weighted by molar-refractivity contribution is 9.10. The van der Waals surface area contributed by atoms with Gasteiger partial charge in [0.25, 0.3) is 0 Å². The number of benzene rings is 1. The summed E-state index contributed by atoms with van der Waals surface area (Å²) in [6, 6.07) is 8.30. The summed E-state index contributed by atoms with van der Waals surface area (Å²) in [7, 11) is 0. The van der Waals surface area contributed by atoms with Gasteiger partial charge in [0.05, 0.1) is 0 Å². The van der Waals surface area contributed by atoms with E-state index in [-0.39, 0.29) is 5.41 Å². The highest BCUT2D eigenvalue weighted by Gasteiger charge is 2.34. The molecule has 0 atom stereocenters. The van der Waals surface area contributed by atoms with Crippen LogP contribution in [-0.4, -0.2) is 29.0 Å². The first-order valence-corrected chi connectivity index (χ1v) is 7.28. The van der Waals surface area contributed by atoms with Gasteiger partial charge in [-0.3, -0.25) is 4.90 Å². The maximum atomic E-state index is 8.83. The molecule has 0 unspecified atom stereocenters. The summed E-state index contributed by atoms with van der Waals surface area (Å²) in [5.74, 6) is 0.355. The quantitative estimate of drug-likeness (QED) is 0.389. The number of nitrogens with zero attached hydrogens (tertiary/aromatic N) is 2. The number of hydrogen-bond acceptors (Lipinski definition) is 3. The van der Waals surface area contributed by atoms with Crippen molar-refractivity contribution in [1.82, 2.24) is 4.90 Å². The topological polar surface area (TPSA) is 61.9 Å². The van der Waals surface area contributed by atoms with Crippen LogP contribution < -0.4 is 5.73 Å². The second kappa shape index (κ2) is 5.92. The van der Waals surface area contributed by atoms with E-state index in [2.05, 4.69) is 51.1 Å². The molecule has 0 aromatic heterocycles. The zero-order chi connectivity index (χ0) is 13.9. The second-order valence-corrected chi connectivity index (χ2v) is 6.27. The molecule has 3 N–H and O–H groups in total. The van der Waals surface area contributed by atoms with Gasteiger partial charge in [0.2, 0.25) is 0 Å². The van der Waals surface area contributed by atoms with Gasteiger partial charge in [-0.1, -0.05) is 46.2 Å². The molecule has 0 saturated carbocycles. The summed E-state index contributed by atoms with van der Waals surface area (Å²) < 4.78 is 1.15. The van der Waals surface area contributed by atoms with Crippen molar-refractivity contribution in [3.05, 3.63) is 34.3 Å². The number of halogens is 1. The summed E-state index contributed by atoms with van der Waals surface area (Å²) in [4.78, 5) is 2.41. The smallest absolute Gasteiger partial charge is 0.145 e. The molecule has 0 aliphatic carbocycles. The van der Waals surface area contributed by atoms with E-state index in [0.717, 1.165) is 36.9 Å². The van der Waals surface area contributed by atoms with Gasteiger partial charge in [0.15, 0.2) is 0 Å². The van der Waals surface area contributed by atoms with E-state index in [1.165, 1.54) is 5.56 Å². The van der Waals surface area contributed by atoms with E-state index in [1.807, 2.05) is 6.07 Å². The van der Waals surface area contributed by atoms with E-state index < -0.39 is 0 Å². The Morgan fingerprint density at radius 3 is 2.63 bits per heavy atom. The number of rotatable bonds is 3. The van der Waals surface area contributed by atoms with Crippen LogP contribution in [0.3, 0.4) is 0 Å². The van der Waals surface area contributed by atoms with Gasteiger partial charge in [-0.25, -0.2) is 0 Å². The third-order valence-electron chi connectivity index (χ3n) is 4.04. The molecule has 0 bridgehead atoms. The summed E-state index contributed by atoms with van der Waals surface area (Å²) in [5, 5.41) is 12.0. The van der Waals surface area contributed by atoms with E-state index in [9.17, 15) is 0 Å². The Balaban J connectivity index is 1.96. The Labute approximate surface area is 122 Å². The molecule has 104 valence electrons. The number of amidine groups is 1. The minimum absolute atomic E-state index is 0.167. The molecule has 1 aliphatic heterocycles. The Kier molecular flexibility index (Phi) is 4.47. The standard InChI is InChI=1S/C14H20BrN3O/c1-14(13(16)17-19)6-8-18(9-7-14)10-11-4-2-3-5-12(11)15/h2-5,19H,6-10H2,1H3,(H2,16,17). The van der Waals surface area contributed by atoms with Crippen LogP contribution in [0.2, 0.25) is 0 Å². The molecule has 0 spiro atoms. The van der Waals surface area contributed by atoms with Crippen LogP contribution in [0.1, 0.15) is 25.3 Å². The lowest BCUT2D eigenvalue weighted by molar-refractivity contribution is 0.152. The van der Waals surface area contributed by atoms with E-state index in [0.29, 0.717) is 5.84 Å². The second-order valence-electron chi connectivity index (χ2n) is 5.41. The Hall–Kier alpha value is -1.07. The lowest BCUT2D eigenvalue weighted by Crippen LogP contribution is -2.45. The molecule has 0 radical (unpaired) electrons. The number of likely N-dealkylation sites (tertiary alicyclic amines) is 1. The Morgan fingerprint density at radius 1 is 1.42 bits per heavy atom. The summed E-state index contributed by atoms with van der Waals surface area (Å²) >= 11 is 3.58. The molecule has 1 aromatic carbocycles. The molecule has 1 heterocycles. The van der Waals surface area contributed by atoms with Gasteiger partial charge in [0, 0.05) is 16.4 Å². The Morgan fingerprint density at radius 2 is 2.05 bits per heavy atom. The first kappa shape index (κ1) is 14.3. The van der Waals surface area contributed by atoms with Crippen molar-refractivity contribution in [2.75, 3.05) is 13.1 Å².